The normalized spacial score (nSPS) is 11.9. The third-order valence-electron chi connectivity index (χ3n) is 2.87. The van der Waals surface area contributed by atoms with E-state index in [-0.39, 0.29) is 5.97 Å². The first-order chi connectivity index (χ1) is 7.89. The lowest BCUT2D eigenvalue weighted by molar-refractivity contribution is -0.144. The van der Waals surface area contributed by atoms with Crippen LogP contribution in [0.5, 0.6) is 0 Å². The van der Waals surface area contributed by atoms with Crippen molar-refractivity contribution in [1.29, 1.82) is 0 Å². The number of rotatable bonds is 9. The van der Waals surface area contributed by atoms with Crippen LogP contribution in [0.4, 0.5) is 0 Å². The van der Waals surface area contributed by atoms with Crippen LogP contribution in [0.2, 0.25) is 25.7 Å². The lowest BCUT2D eigenvalue weighted by Gasteiger charge is -2.18. The third kappa shape index (κ3) is 10.5. The molecule has 102 valence electrons. The fourth-order valence-corrected chi connectivity index (χ4v) is 2.90. The minimum atomic E-state index is -1.00. The van der Waals surface area contributed by atoms with Gasteiger partial charge in [0, 0.05) is 21.0 Å². The maximum Gasteiger partial charge on any atom is 0.305 e. The van der Waals surface area contributed by atoms with Crippen molar-refractivity contribution in [3.05, 3.63) is 0 Å². The van der Waals surface area contributed by atoms with Crippen molar-refractivity contribution in [2.45, 2.75) is 52.4 Å². The van der Waals surface area contributed by atoms with Crippen molar-refractivity contribution in [2.24, 2.45) is 0 Å². The second-order valence-electron chi connectivity index (χ2n) is 5.66. The highest BCUT2D eigenvalue weighted by Gasteiger charge is 2.13. The lowest BCUT2D eigenvalue weighted by Crippen LogP contribution is -2.28. The van der Waals surface area contributed by atoms with Crippen molar-refractivity contribution in [1.82, 2.24) is 4.90 Å². The second-order valence-corrected chi connectivity index (χ2v) is 11.3. The Hall–Kier alpha value is -0.353. The Bertz CT molecular complexity index is 210. The van der Waals surface area contributed by atoms with E-state index in [4.69, 9.17) is 4.74 Å². The van der Waals surface area contributed by atoms with E-state index in [2.05, 4.69) is 38.4 Å². The Morgan fingerprint density at radius 1 is 1.18 bits per heavy atom. The molecule has 0 spiro atoms. The van der Waals surface area contributed by atoms with Gasteiger partial charge in [0.15, 0.2) is 0 Å². The molecule has 0 bridgehead atoms. The number of hydrogen-bond acceptors (Lipinski definition) is 3. The van der Waals surface area contributed by atoms with Crippen LogP contribution in [0.3, 0.4) is 0 Å². The number of likely N-dealkylation sites (N-methyl/N-ethyl adjacent to an activating group) is 1. The van der Waals surface area contributed by atoms with Gasteiger partial charge in [-0.25, -0.2) is 0 Å². The predicted octanol–water partition coefficient (Wildman–Crippen LogP) is 2.99. The summed E-state index contributed by atoms with van der Waals surface area (Å²) in [5, 5.41) is 0. The van der Waals surface area contributed by atoms with E-state index in [1.807, 2.05) is 0 Å². The van der Waals surface area contributed by atoms with Gasteiger partial charge in [-0.05, 0) is 19.5 Å². The SMILES string of the molecule is CCN(CC)CCOC(=O)CCC[Si](C)(C)C. The highest BCUT2D eigenvalue weighted by atomic mass is 28.3. The summed E-state index contributed by atoms with van der Waals surface area (Å²) in [4.78, 5) is 13.7. The molecule has 0 aromatic carbocycles. The monoisotopic (exact) mass is 259 g/mol. The molecule has 17 heavy (non-hydrogen) atoms. The molecule has 0 atom stereocenters. The van der Waals surface area contributed by atoms with E-state index in [1.54, 1.807) is 0 Å². The molecule has 0 aliphatic rings. The molecule has 0 aliphatic heterocycles. The molecule has 0 N–H and O–H groups in total. The van der Waals surface area contributed by atoms with Gasteiger partial charge in [0.1, 0.15) is 6.61 Å². The molecule has 0 aromatic rings. The lowest BCUT2D eigenvalue weighted by atomic mass is 10.3. The number of carbonyl (C=O) groups excluding carboxylic acids is 1. The molecule has 0 unspecified atom stereocenters. The first kappa shape index (κ1) is 16.6. The van der Waals surface area contributed by atoms with E-state index in [0.29, 0.717) is 13.0 Å². The first-order valence-electron chi connectivity index (χ1n) is 6.77. The van der Waals surface area contributed by atoms with E-state index in [0.717, 1.165) is 26.1 Å². The van der Waals surface area contributed by atoms with Crippen molar-refractivity contribution in [3.63, 3.8) is 0 Å². The van der Waals surface area contributed by atoms with Gasteiger partial charge in [-0.2, -0.15) is 0 Å². The van der Waals surface area contributed by atoms with Crippen molar-refractivity contribution in [3.8, 4) is 0 Å². The molecule has 4 heteroatoms. The largest absolute Gasteiger partial charge is 0.464 e. The molecule has 0 heterocycles. The second kappa shape index (κ2) is 8.70. The minimum absolute atomic E-state index is 0.0320. The van der Waals surface area contributed by atoms with Gasteiger partial charge in [-0.3, -0.25) is 4.79 Å². The Balaban J connectivity index is 3.53. The molecule has 0 saturated heterocycles. The molecule has 0 aromatic heterocycles. The average Bonchev–Trinajstić information content (AvgIpc) is 2.22. The molecule has 0 rings (SSSR count). The van der Waals surface area contributed by atoms with Crippen molar-refractivity contribution in [2.75, 3.05) is 26.2 Å². The maximum atomic E-state index is 11.5. The summed E-state index contributed by atoms with van der Waals surface area (Å²) < 4.78 is 5.23. The smallest absolute Gasteiger partial charge is 0.305 e. The van der Waals surface area contributed by atoms with Gasteiger partial charge < -0.3 is 9.64 Å². The highest BCUT2D eigenvalue weighted by Crippen LogP contribution is 2.12. The molecule has 0 saturated carbocycles. The van der Waals surface area contributed by atoms with Gasteiger partial charge in [-0.15, -0.1) is 0 Å². The van der Waals surface area contributed by atoms with Gasteiger partial charge >= 0.3 is 5.97 Å². The van der Waals surface area contributed by atoms with Gasteiger partial charge in [0.25, 0.3) is 0 Å². The molecule has 0 radical (unpaired) electrons. The zero-order valence-corrected chi connectivity index (χ0v) is 13.2. The number of hydrogen-bond donors (Lipinski definition) is 0. The average molecular weight is 259 g/mol. The summed E-state index contributed by atoms with van der Waals surface area (Å²) in [6.45, 7) is 14.7. The molecular formula is C13H29NO2Si. The summed E-state index contributed by atoms with van der Waals surface area (Å²) >= 11 is 0. The maximum absolute atomic E-state index is 11.5. The Labute approximate surface area is 108 Å². The molecule has 3 nitrogen and oxygen atoms in total. The van der Waals surface area contributed by atoms with E-state index in [9.17, 15) is 4.79 Å². The van der Waals surface area contributed by atoms with E-state index >= 15 is 0 Å². The van der Waals surface area contributed by atoms with Crippen LogP contribution < -0.4 is 0 Å². The molecule has 0 amide bonds. The van der Waals surface area contributed by atoms with E-state index in [1.165, 1.54) is 6.04 Å². The summed E-state index contributed by atoms with van der Waals surface area (Å²) in [5.74, 6) is -0.0320. The highest BCUT2D eigenvalue weighted by molar-refractivity contribution is 6.76. The standard InChI is InChI=1S/C13H29NO2Si/c1-6-14(7-2)10-11-16-13(15)9-8-12-17(3,4)5/h6-12H2,1-5H3. The minimum Gasteiger partial charge on any atom is -0.464 e. The van der Waals surface area contributed by atoms with E-state index < -0.39 is 8.07 Å². The number of carbonyl (C=O) groups is 1. The summed E-state index contributed by atoms with van der Waals surface area (Å²) in [6.07, 6.45) is 1.57. The van der Waals surface area contributed by atoms with Crippen LogP contribution >= 0.6 is 0 Å². The molecule has 0 aliphatic carbocycles. The quantitative estimate of drug-likeness (QED) is 0.471. The topological polar surface area (TPSA) is 29.5 Å². The zero-order chi connectivity index (χ0) is 13.3. The van der Waals surface area contributed by atoms with Gasteiger partial charge in [0.2, 0.25) is 0 Å². The van der Waals surface area contributed by atoms with Crippen LogP contribution in [0.25, 0.3) is 0 Å². The van der Waals surface area contributed by atoms with Crippen LogP contribution in [0.15, 0.2) is 0 Å². The third-order valence-corrected chi connectivity index (χ3v) is 4.73. The summed E-state index contributed by atoms with van der Waals surface area (Å²) in [5.41, 5.74) is 0. The Morgan fingerprint density at radius 3 is 2.24 bits per heavy atom. The van der Waals surface area contributed by atoms with Gasteiger partial charge in [-0.1, -0.05) is 39.5 Å². The predicted molar refractivity (Wildman–Crippen MR) is 76.1 cm³/mol. The fourth-order valence-electron chi connectivity index (χ4n) is 1.66. The summed E-state index contributed by atoms with van der Waals surface area (Å²) in [6, 6.07) is 1.21. The zero-order valence-electron chi connectivity index (χ0n) is 12.2. The first-order valence-corrected chi connectivity index (χ1v) is 10.5. The fraction of sp³-hybridized carbons (Fsp3) is 0.923. The Kier molecular flexibility index (Phi) is 8.52. The van der Waals surface area contributed by atoms with Crippen molar-refractivity contribution >= 4 is 14.0 Å². The number of esters is 1. The summed E-state index contributed by atoms with van der Waals surface area (Å²) in [7, 11) is -1.00. The van der Waals surface area contributed by atoms with Crippen molar-refractivity contribution < 1.29 is 9.53 Å². The molecule has 0 fully saturated rings. The Morgan fingerprint density at radius 2 is 1.76 bits per heavy atom. The molecular weight excluding hydrogens is 230 g/mol. The van der Waals surface area contributed by atoms with Crippen LogP contribution in [0.1, 0.15) is 26.7 Å². The number of nitrogens with zero attached hydrogens (tertiary/aromatic N) is 1. The van der Waals surface area contributed by atoms with Crippen LogP contribution in [0, 0.1) is 0 Å². The number of ether oxygens (including phenoxy) is 1. The van der Waals surface area contributed by atoms with Gasteiger partial charge in [0.05, 0.1) is 0 Å². The van der Waals surface area contributed by atoms with Crippen LogP contribution in [-0.2, 0) is 9.53 Å². The van der Waals surface area contributed by atoms with Crippen LogP contribution in [-0.4, -0.2) is 45.2 Å².